The van der Waals surface area contributed by atoms with E-state index in [2.05, 4.69) is 30.7 Å². The van der Waals surface area contributed by atoms with Crippen LogP contribution in [0.15, 0.2) is 48.7 Å². The van der Waals surface area contributed by atoms with Crippen LogP contribution in [0.2, 0.25) is 0 Å². The van der Waals surface area contributed by atoms with Crippen molar-refractivity contribution in [3.63, 3.8) is 0 Å². The van der Waals surface area contributed by atoms with Crippen molar-refractivity contribution in [3.05, 3.63) is 65.4 Å². The molecule has 0 saturated carbocycles. The summed E-state index contributed by atoms with van der Waals surface area (Å²) < 4.78 is 0. The number of nitrogens with zero attached hydrogens (tertiary/aromatic N) is 1. The molecule has 0 fully saturated rings. The summed E-state index contributed by atoms with van der Waals surface area (Å²) in [7, 11) is 0. The standard InChI is InChI=1S/C20H19N3O2/c1-4-18(24)23-17-10-13(7-8-22-17)14-5-6-15(20(21)25)16-9-11(2)12(3)19(14)16/h4-8,10H,1,9H2,2-3H3,(H2,21,25)(H,22,23,24). The number of nitrogens with one attached hydrogen (secondary N) is 1. The average molecular weight is 333 g/mol. The molecule has 126 valence electrons. The van der Waals surface area contributed by atoms with Crippen LogP contribution < -0.4 is 11.1 Å². The third kappa shape index (κ3) is 2.96. The SMILES string of the molecule is C=CC(=O)Nc1cc(-c2ccc(C(N)=O)c3c2C(C)=C(C)C3)ccn1. The van der Waals surface area contributed by atoms with Gasteiger partial charge in [-0.05, 0) is 72.4 Å². The normalized spacial score (nSPS) is 12.7. The topological polar surface area (TPSA) is 85.1 Å². The minimum atomic E-state index is -0.418. The quantitative estimate of drug-likeness (QED) is 0.842. The third-order valence-electron chi connectivity index (χ3n) is 4.54. The number of fused-ring (bicyclic) bond motifs is 1. The van der Waals surface area contributed by atoms with E-state index in [1.54, 1.807) is 12.3 Å². The van der Waals surface area contributed by atoms with Crippen molar-refractivity contribution in [2.24, 2.45) is 5.73 Å². The molecule has 1 aromatic heterocycles. The summed E-state index contributed by atoms with van der Waals surface area (Å²) in [5, 5.41) is 2.66. The summed E-state index contributed by atoms with van der Waals surface area (Å²) in [5.74, 6) is -0.281. The number of hydrogen-bond donors (Lipinski definition) is 2. The summed E-state index contributed by atoms with van der Waals surface area (Å²) in [4.78, 5) is 27.4. The molecule has 25 heavy (non-hydrogen) atoms. The Hall–Kier alpha value is -3.21. The zero-order chi connectivity index (χ0) is 18.1. The lowest BCUT2D eigenvalue weighted by molar-refractivity contribution is -0.111. The van der Waals surface area contributed by atoms with E-state index in [0.29, 0.717) is 11.4 Å². The molecule has 1 aliphatic carbocycles. The Bertz CT molecular complexity index is 942. The second-order valence-electron chi connectivity index (χ2n) is 6.08. The molecule has 1 aromatic carbocycles. The Labute approximate surface area is 146 Å². The van der Waals surface area contributed by atoms with Gasteiger partial charge in [-0.2, -0.15) is 0 Å². The van der Waals surface area contributed by atoms with Crippen LogP contribution in [0.5, 0.6) is 0 Å². The number of hydrogen-bond acceptors (Lipinski definition) is 3. The van der Waals surface area contributed by atoms with Gasteiger partial charge in [-0.15, -0.1) is 0 Å². The second kappa shape index (κ2) is 6.36. The molecule has 2 aromatic rings. The van der Waals surface area contributed by atoms with Crippen LogP contribution >= 0.6 is 0 Å². The minimum absolute atomic E-state index is 0.314. The van der Waals surface area contributed by atoms with Gasteiger partial charge in [0.15, 0.2) is 0 Å². The summed E-state index contributed by atoms with van der Waals surface area (Å²) in [5.41, 5.74) is 12.4. The highest BCUT2D eigenvalue weighted by molar-refractivity contribution is 6.01. The molecule has 3 rings (SSSR count). The Morgan fingerprint density at radius 1 is 1.28 bits per heavy atom. The zero-order valence-electron chi connectivity index (χ0n) is 14.2. The van der Waals surface area contributed by atoms with E-state index >= 15 is 0 Å². The average Bonchev–Trinajstić information content (AvgIpc) is 2.89. The van der Waals surface area contributed by atoms with E-state index in [1.165, 1.54) is 11.6 Å². The number of carbonyl (C=O) groups excluding carboxylic acids is 2. The maximum Gasteiger partial charge on any atom is 0.249 e. The molecular weight excluding hydrogens is 314 g/mol. The van der Waals surface area contributed by atoms with Crippen LogP contribution in [-0.2, 0) is 11.2 Å². The Kier molecular flexibility index (Phi) is 4.23. The molecule has 3 N–H and O–H groups in total. The summed E-state index contributed by atoms with van der Waals surface area (Å²) >= 11 is 0. The van der Waals surface area contributed by atoms with Gasteiger partial charge in [-0.25, -0.2) is 4.98 Å². The van der Waals surface area contributed by atoms with Gasteiger partial charge in [0.25, 0.3) is 0 Å². The van der Waals surface area contributed by atoms with Crippen LogP contribution in [-0.4, -0.2) is 16.8 Å². The first kappa shape index (κ1) is 16.6. The van der Waals surface area contributed by atoms with Crippen LogP contribution in [0, 0.1) is 0 Å². The van der Waals surface area contributed by atoms with Crippen molar-refractivity contribution >= 4 is 23.2 Å². The molecular formula is C20H19N3O2. The molecule has 0 saturated heterocycles. The van der Waals surface area contributed by atoms with Gasteiger partial charge in [-0.1, -0.05) is 18.2 Å². The van der Waals surface area contributed by atoms with Gasteiger partial charge in [0.2, 0.25) is 11.8 Å². The minimum Gasteiger partial charge on any atom is -0.366 e. The van der Waals surface area contributed by atoms with Crippen LogP contribution in [0.4, 0.5) is 5.82 Å². The lowest BCUT2D eigenvalue weighted by atomic mass is 9.91. The van der Waals surface area contributed by atoms with Gasteiger partial charge in [0.05, 0.1) is 0 Å². The highest BCUT2D eigenvalue weighted by Gasteiger charge is 2.24. The summed E-state index contributed by atoms with van der Waals surface area (Å²) in [6.07, 6.45) is 3.56. The largest absolute Gasteiger partial charge is 0.366 e. The number of rotatable bonds is 4. The number of benzene rings is 1. The van der Waals surface area contributed by atoms with Crippen molar-refractivity contribution in [2.45, 2.75) is 20.3 Å². The van der Waals surface area contributed by atoms with Gasteiger partial charge in [-0.3, -0.25) is 9.59 Å². The maximum absolute atomic E-state index is 11.8. The van der Waals surface area contributed by atoms with Gasteiger partial charge >= 0.3 is 0 Å². The predicted octanol–water partition coefficient (Wildman–Crippen LogP) is 3.32. The maximum atomic E-state index is 11.8. The number of primary amides is 1. The lowest BCUT2D eigenvalue weighted by Gasteiger charge is -2.14. The first-order valence-corrected chi connectivity index (χ1v) is 7.94. The molecule has 2 amide bonds. The summed E-state index contributed by atoms with van der Waals surface area (Å²) in [6.45, 7) is 7.55. The van der Waals surface area contributed by atoms with Gasteiger partial charge in [0.1, 0.15) is 5.82 Å². The number of anilines is 1. The predicted molar refractivity (Wildman–Crippen MR) is 99.0 cm³/mol. The van der Waals surface area contributed by atoms with E-state index in [0.717, 1.165) is 34.2 Å². The van der Waals surface area contributed by atoms with E-state index in [9.17, 15) is 9.59 Å². The molecule has 1 heterocycles. The van der Waals surface area contributed by atoms with Crippen molar-refractivity contribution in [1.29, 1.82) is 0 Å². The molecule has 5 nitrogen and oxygen atoms in total. The van der Waals surface area contributed by atoms with Crippen molar-refractivity contribution in [3.8, 4) is 11.1 Å². The first-order valence-electron chi connectivity index (χ1n) is 7.94. The summed E-state index contributed by atoms with van der Waals surface area (Å²) in [6, 6.07) is 7.35. The number of aromatic nitrogens is 1. The molecule has 0 spiro atoms. The first-order chi connectivity index (χ1) is 11.9. The fourth-order valence-electron chi connectivity index (χ4n) is 3.19. The fourth-order valence-corrected chi connectivity index (χ4v) is 3.19. The smallest absolute Gasteiger partial charge is 0.249 e. The van der Waals surface area contributed by atoms with E-state index in [4.69, 9.17) is 5.73 Å². The molecule has 0 radical (unpaired) electrons. The second-order valence-corrected chi connectivity index (χ2v) is 6.08. The van der Waals surface area contributed by atoms with Crippen LogP contribution in [0.1, 0.15) is 35.3 Å². The van der Waals surface area contributed by atoms with Crippen molar-refractivity contribution < 1.29 is 9.59 Å². The number of pyridine rings is 1. The Morgan fingerprint density at radius 3 is 2.72 bits per heavy atom. The Balaban J connectivity index is 2.15. The van der Waals surface area contributed by atoms with Crippen LogP contribution in [0.25, 0.3) is 16.7 Å². The number of allylic oxidation sites excluding steroid dienone is 2. The molecule has 0 aliphatic heterocycles. The van der Waals surface area contributed by atoms with Crippen LogP contribution in [0.3, 0.4) is 0 Å². The molecule has 0 bridgehead atoms. The number of nitrogens with two attached hydrogens (primary N) is 1. The molecule has 5 heteroatoms. The lowest BCUT2D eigenvalue weighted by Crippen LogP contribution is -2.14. The van der Waals surface area contributed by atoms with Gasteiger partial charge in [0, 0.05) is 11.8 Å². The zero-order valence-corrected chi connectivity index (χ0v) is 14.2. The van der Waals surface area contributed by atoms with E-state index < -0.39 is 5.91 Å². The third-order valence-corrected chi connectivity index (χ3v) is 4.54. The number of carbonyl (C=O) groups is 2. The molecule has 0 atom stereocenters. The fraction of sp³-hybridized carbons (Fsp3) is 0.150. The monoisotopic (exact) mass is 333 g/mol. The molecule has 1 aliphatic rings. The Morgan fingerprint density at radius 2 is 2.04 bits per heavy atom. The van der Waals surface area contributed by atoms with Crippen molar-refractivity contribution in [2.75, 3.05) is 5.32 Å². The number of amides is 2. The van der Waals surface area contributed by atoms with Crippen molar-refractivity contribution in [1.82, 2.24) is 4.98 Å². The van der Waals surface area contributed by atoms with E-state index in [-0.39, 0.29) is 5.91 Å². The van der Waals surface area contributed by atoms with Gasteiger partial charge < -0.3 is 11.1 Å². The highest BCUT2D eigenvalue weighted by Crippen LogP contribution is 2.41. The molecule has 0 unspecified atom stereocenters. The highest BCUT2D eigenvalue weighted by atomic mass is 16.1. The van der Waals surface area contributed by atoms with E-state index in [1.807, 2.05) is 18.2 Å².